The lowest BCUT2D eigenvalue weighted by Crippen LogP contribution is -2.35. The van der Waals surface area contributed by atoms with Gasteiger partial charge in [0, 0.05) is 0 Å². The van der Waals surface area contributed by atoms with Gasteiger partial charge in [-0.3, -0.25) is 9.69 Å². The molecule has 6 nitrogen and oxygen atoms in total. The summed E-state index contributed by atoms with van der Waals surface area (Å²) in [5.41, 5.74) is 3.88. The molecule has 170 valence electrons. The topological polar surface area (TPSA) is 76.6 Å². The molecule has 0 saturated carbocycles. The molecule has 1 aromatic heterocycles. The van der Waals surface area contributed by atoms with Gasteiger partial charge in [-0.15, -0.1) is 0 Å². The van der Waals surface area contributed by atoms with Gasteiger partial charge in [0.25, 0.3) is 0 Å². The summed E-state index contributed by atoms with van der Waals surface area (Å²) >= 11 is 1.39. The Balaban J connectivity index is 1.70. The van der Waals surface area contributed by atoms with E-state index in [0.717, 1.165) is 26.9 Å². The zero-order chi connectivity index (χ0) is 23.6. The van der Waals surface area contributed by atoms with E-state index in [1.807, 2.05) is 56.3 Å². The Labute approximate surface area is 197 Å². The predicted molar refractivity (Wildman–Crippen MR) is 132 cm³/mol. The number of carbonyl (C=O) groups is 1. The van der Waals surface area contributed by atoms with Crippen LogP contribution in [0.1, 0.15) is 16.7 Å². The smallest absolute Gasteiger partial charge is 0.244 e. The maximum Gasteiger partial charge on any atom is 0.244 e. The lowest BCUT2D eigenvalue weighted by atomic mass is 10.1. The number of methoxy groups -OCH3 is 1. The molecule has 0 bridgehead atoms. The van der Waals surface area contributed by atoms with Crippen molar-refractivity contribution >= 4 is 42.4 Å². The van der Waals surface area contributed by atoms with Crippen molar-refractivity contribution in [2.24, 2.45) is 0 Å². The Morgan fingerprint density at radius 2 is 1.70 bits per heavy atom. The Bertz CT molecular complexity index is 1400. The molecule has 0 aliphatic heterocycles. The first-order chi connectivity index (χ1) is 15.8. The van der Waals surface area contributed by atoms with Gasteiger partial charge in [-0.2, -0.15) is 0 Å². The number of anilines is 1. The number of thiazole rings is 1. The van der Waals surface area contributed by atoms with Gasteiger partial charge in [-0.1, -0.05) is 47.7 Å². The van der Waals surface area contributed by atoms with Crippen molar-refractivity contribution in [3.05, 3.63) is 83.4 Å². The molecule has 1 amide bonds. The number of rotatable bonds is 7. The van der Waals surface area contributed by atoms with Gasteiger partial charge >= 0.3 is 0 Å². The highest BCUT2D eigenvalue weighted by atomic mass is 32.2. The number of aryl methyl sites for hydroxylation is 2. The van der Waals surface area contributed by atoms with Crippen LogP contribution < -0.4 is 9.64 Å². The lowest BCUT2D eigenvalue weighted by molar-refractivity contribution is -0.116. The molecule has 0 spiro atoms. The minimum Gasteiger partial charge on any atom is -0.497 e. The normalized spacial score (nSPS) is 11.5. The van der Waals surface area contributed by atoms with Gasteiger partial charge < -0.3 is 4.74 Å². The maximum atomic E-state index is 13.4. The summed E-state index contributed by atoms with van der Waals surface area (Å²) in [7, 11) is -2.34. The third-order valence-electron chi connectivity index (χ3n) is 5.52. The molecule has 3 aromatic carbocycles. The average molecular weight is 481 g/mol. The molecule has 0 saturated heterocycles. The fraction of sp³-hybridized carbons (Fsp3) is 0.200. The number of ether oxygens (including phenoxy) is 1. The van der Waals surface area contributed by atoms with Crippen LogP contribution in [0, 0.1) is 13.8 Å². The van der Waals surface area contributed by atoms with Gasteiger partial charge in [0.1, 0.15) is 11.5 Å². The standard InChI is InChI=1S/C25H24N2O4S2/c1-17-9-14-22-24(18(17)2)26-25(32-22)27(15-19-7-5-4-6-8-19)23(28)16-33(29,30)21-12-10-20(31-3)11-13-21/h4-14H,15-16H2,1-3H3. The van der Waals surface area contributed by atoms with Crippen molar-refractivity contribution in [1.29, 1.82) is 0 Å². The highest BCUT2D eigenvalue weighted by Gasteiger charge is 2.27. The number of aromatic nitrogens is 1. The summed E-state index contributed by atoms with van der Waals surface area (Å²) in [6.45, 7) is 4.25. The summed E-state index contributed by atoms with van der Waals surface area (Å²) in [6, 6.07) is 19.5. The van der Waals surface area contributed by atoms with Crippen LogP contribution in [0.2, 0.25) is 0 Å². The van der Waals surface area contributed by atoms with Crippen molar-refractivity contribution in [1.82, 2.24) is 4.98 Å². The number of hydrogen-bond donors (Lipinski definition) is 0. The van der Waals surface area contributed by atoms with Crippen LogP contribution in [0.4, 0.5) is 5.13 Å². The summed E-state index contributed by atoms with van der Waals surface area (Å²) in [4.78, 5) is 19.6. The van der Waals surface area contributed by atoms with Crippen LogP contribution in [-0.2, 0) is 21.2 Å². The van der Waals surface area contributed by atoms with Crippen LogP contribution >= 0.6 is 11.3 Å². The molecule has 4 rings (SSSR count). The van der Waals surface area contributed by atoms with Crippen molar-refractivity contribution in [3.63, 3.8) is 0 Å². The molecule has 0 N–H and O–H groups in total. The van der Waals surface area contributed by atoms with E-state index in [-0.39, 0.29) is 11.4 Å². The molecule has 0 radical (unpaired) electrons. The van der Waals surface area contributed by atoms with Crippen molar-refractivity contribution < 1.29 is 17.9 Å². The second-order valence-corrected chi connectivity index (χ2v) is 10.7. The zero-order valence-electron chi connectivity index (χ0n) is 18.6. The van der Waals surface area contributed by atoms with E-state index in [0.29, 0.717) is 10.9 Å². The Morgan fingerprint density at radius 1 is 1.00 bits per heavy atom. The van der Waals surface area contributed by atoms with E-state index in [1.54, 1.807) is 12.1 Å². The number of hydrogen-bond acceptors (Lipinski definition) is 6. The van der Waals surface area contributed by atoms with Gasteiger partial charge in [-0.25, -0.2) is 13.4 Å². The lowest BCUT2D eigenvalue weighted by Gasteiger charge is -2.20. The third kappa shape index (κ3) is 4.91. The van der Waals surface area contributed by atoms with Crippen molar-refractivity contribution in [2.45, 2.75) is 25.3 Å². The maximum absolute atomic E-state index is 13.4. The van der Waals surface area contributed by atoms with Gasteiger partial charge in [0.05, 0.1) is 28.8 Å². The van der Waals surface area contributed by atoms with Gasteiger partial charge in [0.2, 0.25) is 5.91 Å². The minimum atomic E-state index is -3.84. The summed E-state index contributed by atoms with van der Waals surface area (Å²) in [6.07, 6.45) is 0. The quantitative estimate of drug-likeness (QED) is 0.375. The van der Waals surface area contributed by atoms with Crippen LogP contribution in [-0.4, -0.2) is 32.2 Å². The first kappa shape index (κ1) is 22.9. The molecular weight excluding hydrogens is 456 g/mol. The van der Waals surface area contributed by atoms with Gasteiger partial charge in [0.15, 0.2) is 15.0 Å². The number of sulfone groups is 1. The Morgan fingerprint density at radius 3 is 2.36 bits per heavy atom. The minimum absolute atomic E-state index is 0.0760. The SMILES string of the molecule is COc1ccc(S(=O)(=O)CC(=O)N(Cc2ccccc2)c2nc3c(C)c(C)ccc3s2)cc1. The van der Waals surface area contributed by atoms with E-state index < -0.39 is 21.5 Å². The highest BCUT2D eigenvalue weighted by molar-refractivity contribution is 7.92. The molecule has 0 atom stereocenters. The van der Waals surface area contributed by atoms with E-state index >= 15 is 0 Å². The van der Waals surface area contributed by atoms with E-state index in [1.165, 1.54) is 35.5 Å². The largest absolute Gasteiger partial charge is 0.497 e. The monoisotopic (exact) mass is 480 g/mol. The predicted octanol–water partition coefficient (Wildman–Crippen LogP) is 4.93. The highest BCUT2D eigenvalue weighted by Crippen LogP contribution is 2.33. The second kappa shape index (κ2) is 9.33. The first-order valence-electron chi connectivity index (χ1n) is 10.4. The zero-order valence-corrected chi connectivity index (χ0v) is 20.2. The molecule has 0 aliphatic carbocycles. The Hall–Kier alpha value is -3.23. The Kier molecular flexibility index (Phi) is 6.49. The van der Waals surface area contributed by atoms with Crippen LogP contribution in [0.15, 0.2) is 71.6 Å². The van der Waals surface area contributed by atoms with Crippen LogP contribution in [0.5, 0.6) is 5.75 Å². The van der Waals surface area contributed by atoms with E-state index in [2.05, 4.69) is 0 Å². The van der Waals surface area contributed by atoms with Crippen LogP contribution in [0.25, 0.3) is 10.2 Å². The number of amides is 1. The molecule has 0 fully saturated rings. The van der Waals surface area contributed by atoms with E-state index in [9.17, 15) is 13.2 Å². The third-order valence-corrected chi connectivity index (χ3v) is 8.18. The number of nitrogens with zero attached hydrogens (tertiary/aromatic N) is 2. The first-order valence-corrected chi connectivity index (χ1v) is 12.8. The summed E-state index contributed by atoms with van der Waals surface area (Å²) in [5.74, 6) is -0.630. The average Bonchev–Trinajstić information content (AvgIpc) is 3.25. The summed E-state index contributed by atoms with van der Waals surface area (Å²) < 4.78 is 32.0. The fourth-order valence-electron chi connectivity index (χ4n) is 3.47. The number of benzene rings is 3. The molecule has 0 aliphatic rings. The number of fused-ring (bicyclic) bond motifs is 1. The van der Waals surface area contributed by atoms with Crippen LogP contribution in [0.3, 0.4) is 0 Å². The molecule has 1 heterocycles. The molecule has 33 heavy (non-hydrogen) atoms. The second-order valence-electron chi connectivity index (χ2n) is 7.75. The van der Waals surface area contributed by atoms with Gasteiger partial charge in [-0.05, 0) is 60.9 Å². The van der Waals surface area contributed by atoms with Crippen molar-refractivity contribution in [3.8, 4) is 5.75 Å². The fourth-order valence-corrected chi connectivity index (χ4v) is 5.71. The van der Waals surface area contributed by atoms with Crippen molar-refractivity contribution in [2.75, 3.05) is 17.8 Å². The molecule has 8 heteroatoms. The molecule has 0 unspecified atom stereocenters. The molecule has 4 aromatic rings. The summed E-state index contributed by atoms with van der Waals surface area (Å²) in [5, 5.41) is 0.484. The molecular formula is C25H24N2O4S2. The van der Waals surface area contributed by atoms with E-state index in [4.69, 9.17) is 9.72 Å². The number of carbonyl (C=O) groups excluding carboxylic acids is 1.